The van der Waals surface area contributed by atoms with E-state index in [0.29, 0.717) is 0 Å². The number of hydrogen-bond donors (Lipinski definition) is 1. The van der Waals surface area contributed by atoms with Crippen molar-refractivity contribution in [3.8, 4) is 11.1 Å². The van der Waals surface area contributed by atoms with Crippen LogP contribution in [0, 0.1) is 5.82 Å². The lowest BCUT2D eigenvalue weighted by Crippen LogP contribution is -2.14. The normalized spacial score (nSPS) is 10.7. The van der Waals surface area contributed by atoms with E-state index in [1.807, 2.05) is 30.3 Å². The van der Waals surface area contributed by atoms with Gasteiger partial charge in [-0.2, -0.15) is 0 Å². The van der Waals surface area contributed by atoms with Crippen LogP contribution in [0.3, 0.4) is 0 Å². The molecule has 0 heterocycles. The molecular weight excluding hydrogens is 305 g/mol. The third kappa shape index (κ3) is 3.88. The van der Waals surface area contributed by atoms with Crippen LogP contribution in [0.15, 0.2) is 46.9 Å². The summed E-state index contributed by atoms with van der Waals surface area (Å²) in [6, 6.07) is 12.9. The third-order valence-electron chi connectivity index (χ3n) is 2.95. The van der Waals surface area contributed by atoms with E-state index in [1.165, 1.54) is 6.07 Å². The fourth-order valence-corrected chi connectivity index (χ4v) is 2.43. The summed E-state index contributed by atoms with van der Waals surface area (Å²) in [5.74, 6) is -0.200. The van der Waals surface area contributed by atoms with E-state index in [4.69, 9.17) is 0 Å². The SMILES string of the molecule is CCCNCc1ccc(F)cc1-c1cccc(Br)c1. The van der Waals surface area contributed by atoms with Crippen molar-refractivity contribution < 1.29 is 4.39 Å². The van der Waals surface area contributed by atoms with Gasteiger partial charge in [-0.05, 0) is 53.9 Å². The van der Waals surface area contributed by atoms with E-state index in [9.17, 15) is 4.39 Å². The molecule has 0 unspecified atom stereocenters. The summed E-state index contributed by atoms with van der Waals surface area (Å²) in [6.07, 6.45) is 1.09. The lowest BCUT2D eigenvalue weighted by molar-refractivity contribution is 0.625. The lowest BCUT2D eigenvalue weighted by Gasteiger charge is -2.11. The van der Waals surface area contributed by atoms with Gasteiger partial charge in [0.1, 0.15) is 5.82 Å². The lowest BCUT2D eigenvalue weighted by atomic mass is 9.99. The Hall–Kier alpha value is -1.19. The van der Waals surface area contributed by atoms with Gasteiger partial charge in [0.15, 0.2) is 0 Å². The Morgan fingerprint density at radius 3 is 2.74 bits per heavy atom. The summed E-state index contributed by atoms with van der Waals surface area (Å²) in [7, 11) is 0. The van der Waals surface area contributed by atoms with Crippen molar-refractivity contribution in [2.45, 2.75) is 19.9 Å². The molecule has 0 aromatic heterocycles. The highest BCUT2D eigenvalue weighted by Crippen LogP contribution is 2.27. The number of rotatable bonds is 5. The van der Waals surface area contributed by atoms with Crippen molar-refractivity contribution >= 4 is 15.9 Å². The summed E-state index contributed by atoms with van der Waals surface area (Å²) >= 11 is 3.46. The first kappa shape index (κ1) is 14.2. The average Bonchev–Trinajstić information content (AvgIpc) is 2.40. The first-order valence-electron chi connectivity index (χ1n) is 6.46. The van der Waals surface area contributed by atoms with E-state index in [2.05, 4.69) is 28.2 Å². The topological polar surface area (TPSA) is 12.0 Å². The van der Waals surface area contributed by atoms with Crippen LogP contribution in [0.4, 0.5) is 4.39 Å². The molecule has 0 fully saturated rings. The maximum atomic E-state index is 13.5. The number of halogens is 2. The summed E-state index contributed by atoms with van der Waals surface area (Å²) in [6.45, 7) is 3.86. The molecule has 19 heavy (non-hydrogen) atoms. The largest absolute Gasteiger partial charge is 0.313 e. The van der Waals surface area contributed by atoms with Crippen LogP contribution in [-0.4, -0.2) is 6.54 Å². The summed E-state index contributed by atoms with van der Waals surface area (Å²) in [5.41, 5.74) is 3.10. The molecule has 1 nitrogen and oxygen atoms in total. The monoisotopic (exact) mass is 321 g/mol. The first-order chi connectivity index (χ1) is 9.20. The fraction of sp³-hybridized carbons (Fsp3) is 0.250. The molecular formula is C16H17BrFN. The molecule has 2 rings (SSSR count). The fourth-order valence-electron chi connectivity index (χ4n) is 2.03. The zero-order chi connectivity index (χ0) is 13.7. The van der Waals surface area contributed by atoms with Gasteiger partial charge in [0, 0.05) is 11.0 Å². The molecule has 0 spiro atoms. The van der Waals surface area contributed by atoms with Gasteiger partial charge in [-0.15, -0.1) is 0 Å². The van der Waals surface area contributed by atoms with Gasteiger partial charge < -0.3 is 5.32 Å². The van der Waals surface area contributed by atoms with Crippen molar-refractivity contribution in [2.24, 2.45) is 0 Å². The average molecular weight is 322 g/mol. The first-order valence-corrected chi connectivity index (χ1v) is 7.25. The highest BCUT2D eigenvalue weighted by molar-refractivity contribution is 9.10. The van der Waals surface area contributed by atoms with Crippen LogP contribution in [0.25, 0.3) is 11.1 Å². The molecule has 0 amide bonds. The molecule has 2 aromatic rings. The van der Waals surface area contributed by atoms with Crippen LogP contribution >= 0.6 is 15.9 Å². The van der Waals surface area contributed by atoms with E-state index < -0.39 is 0 Å². The van der Waals surface area contributed by atoms with Gasteiger partial charge in [0.2, 0.25) is 0 Å². The third-order valence-corrected chi connectivity index (χ3v) is 3.44. The molecule has 2 aromatic carbocycles. The van der Waals surface area contributed by atoms with Gasteiger partial charge in [-0.3, -0.25) is 0 Å². The second-order valence-electron chi connectivity index (χ2n) is 4.49. The Morgan fingerprint density at radius 1 is 1.16 bits per heavy atom. The minimum absolute atomic E-state index is 0.200. The minimum atomic E-state index is -0.200. The van der Waals surface area contributed by atoms with Crippen LogP contribution in [0.2, 0.25) is 0 Å². The van der Waals surface area contributed by atoms with E-state index >= 15 is 0 Å². The van der Waals surface area contributed by atoms with E-state index in [-0.39, 0.29) is 5.82 Å². The van der Waals surface area contributed by atoms with Crippen LogP contribution in [0.5, 0.6) is 0 Å². The van der Waals surface area contributed by atoms with E-state index in [0.717, 1.165) is 40.7 Å². The Balaban J connectivity index is 2.34. The number of nitrogens with one attached hydrogen (secondary N) is 1. The smallest absolute Gasteiger partial charge is 0.123 e. The highest BCUT2D eigenvalue weighted by atomic mass is 79.9. The highest BCUT2D eigenvalue weighted by Gasteiger charge is 2.07. The summed E-state index contributed by atoms with van der Waals surface area (Å²) < 4.78 is 14.5. The van der Waals surface area contributed by atoms with Crippen LogP contribution in [0.1, 0.15) is 18.9 Å². The van der Waals surface area contributed by atoms with Gasteiger partial charge in [0.05, 0.1) is 0 Å². The molecule has 0 aliphatic rings. The van der Waals surface area contributed by atoms with Crippen molar-refractivity contribution in [3.63, 3.8) is 0 Å². The molecule has 0 aliphatic heterocycles. The van der Waals surface area contributed by atoms with Gasteiger partial charge in [-0.1, -0.05) is 41.1 Å². The summed E-state index contributed by atoms with van der Waals surface area (Å²) in [5, 5.41) is 3.36. The zero-order valence-corrected chi connectivity index (χ0v) is 12.5. The molecule has 1 N–H and O–H groups in total. The Labute approximate surface area is 122 Å². The maximum Gasteiger partial charge on any atom is 0.123 e. The predicted octanol–water partition coefficient (Wildman–Crippen LogP) is 4.75. The Morgan fingerprint density at radius 2 is 2.00 bits per heavy atom. The molecule has 100 valence electrons. The second-order valence-corrected chi connectivity index (χ2v) is 5.40. The molecule has 0 aliphatic carbocycles. The molecule has 0 saturated heterocycles. The van der Waals surface area contributed by atoms with Gasteiger partial charge >= 0.3 is 0 Å². The second kappa shape index (κ2) is 6.83. The minimum Gasteiger partial charge on any atom is -0.313 e. The predicted molar refractivity (Wildman–Crippen MR) is 81.5 cm³/mol. The molecule has 3 heteroatoms. The zero-order valence-electron chi connectivity index (χ0n) is 10.9. The Kier molecular flexibility index (Phi) is 5.11. The Bertz CT molecular complexity index is 554. The van der Waals surface area contributed by atoms with Crippen molar-refractivity contribution in [1.82, 2.24) is 5.32 Å². The summed E-state index contributed by atoms with van der Waals surface area (Å²) in [4.78, 5) is 0. The molecule has 0 bridgehead atoms. The quantitative estimate of drug-likeness (QED) is 0.783. The number of benzene rings is 2. The van der Waals surface area contributed by atoms with Crippen molar-refractivity contribution in [3.05, 3.63) is 58.3 Å². The number of hydrogen-bond acceptors (Lipinski definition) is 1. The van der Waals surface area contributed by atoms with Crippen molar-refractivity contribution in [1.29, 1.82) is 0 Å². The van der Waals surface area contributed by atoms with Crippen molar-refractivity contribution in [2.75, 3.05) is 6.54 Å². The maximum absolute atomic E-state index is 13.5. The molecule has 0 radical (unpaired) electrons. The van der Waals surface area contributed by atoms with Crippen LogP contribution < -0.4 is 5.32 Å². The van der Waals surface area contributed by atoms with E-state index in [1.54, 1.807) is 6.07 Å². The van der Waals surface area contributed by atoms with Gasteiger partial charge in [-0.25, -0.2) is 4.39 Å². The van der Waals surface area contributed by atoms with Gasteiger partial charge in [0.25, 0.3) is 0 Å². The standard InChI is InChI=1S/C16H17BrFN/c1-2-8-19-11-13-6-7-15(18)10-16(13)12-4-3-5-14(17)9-12/h3-7,9-10,19H,2,8,11H2,1H3. The molecule has 0 atom stereocenters. The van der Waals surface area contributed by atoms with Crippen LogP contribution in [-0.2, 0) is 6.54 Å². The molecule has 0 saturated carbocycles.